The monoisotopic (exact) mass is 377 g/mol. The molecule has 2 aromatic rings. The standard InChI is InChI=1S/C18H24ClN5O2/c1-3-20-18(24-9-8-13(11-24)12-25-2)21-10-16-22-17(23-26-16)14-4-6-15(19)7-5-14/h4-7,13H,3,8-12H2,1-2H3,(H,20,21). The number of ether oxygens (including phenoxy) is 1. The van der Waals surface area contributed by atoms with Crippen LogP contribution in [-0.4, -0.2) is 54.4 Å². The zero-order chi connectivity index (χ0) is 18.4. The summed E-state index contributed by atoms with van der Waals surface area (Å²) in [7, 11) is 1.75. The molecule has 1 aromatic heterocycles. The van der Waals surface area contributed by atoms with Crippen molar-refractivity contribution in [3.63, 3.8) is 0 Å². The molecule has 8 heteroatoms. The number of rotatable bonds is 6. The zero-order valence-corrected chi connectivity index (χ0v) is 15.9. The van der Waals surface area contributed by atoms with Crippen LogP contribution in [0.1, 0.15) is 19.2 Å². The molecule has 0 radical (unpaired) electrons. The van der Waals surface area contributed by atoms with Crippen LogP contribution in [0.5, 0.6) is 0 Å². The Labute approximate surface area is 158 Å². The zero-order valence-electron chi connectivity index (χ0n) is 15.1. The third-order valence-electron chi connectivity index (χ3n) is 4.26. The summed E-state index contributed by atoms with van der Waals surface area (Å²) in [5.41, 5.74) is 0.863. The number of likely N-dealkylation sites (tertiary alicyclic amines) is 1. The van der Waals surface area contributed by atoms with Crippen LogP contribution >= 0.6 is 11.6 Å². The van der Waals surface area contributed by atoms with E-state index in [9.17, 15) is 0 Å². The summed E-state index contributed by atoms with van der Waals surface area (Å²) in [5, 5.41) is 8.03. The molecule has 3 rings (SSSR count). The number of benzene rings is 1. The van der Waals surface area contributed by atoms with E-state index in [-0.39, 0.29) is 0 Å². The van der Waals surface area contributed by atoms with Gasteiger partial charge in [-0.15, -0.1) is 0 Å². The van der Waals surface area contributed by atoms with Crippen molar-refractivity contribution in [2.75, 3.05) is 33.4 Å². The minimum atomic E-state index is 0.342. The Morgan fingerprint density at radius 1 is 1.42 bits per heavy atom. The van der Waals surface area contributed by atoms with Gasteiger partial charge in [0.25, 0.3) is 0 Å². The summed E-state index contributed by atoms with van der Waals surface area (Å²) < 4.78 is 10.6. The van der Waals surface area contributed by atoms with Crippen molar-refractivity contribution in [1.82, 2.24) is 20.4 Å². The Morgan fingerprint density at radius 3 is 2.96 bits per heavy atom. The number of methoxy groups -OCH3 is 1. The molecule has 26 heavy (non-hydrogen) atoms. The van der Waals surface area contributed by atoms with E-state index in [1.807, 2.05) is 12.1 Å². The summed E-state index contributed by atoms with van der Waals surface area (Å²) in [4.78, 5) is 11.3. The number of nitrogens with zero attached hydrogens (tertiary/aromatic N) is 4. The highest BCUT2D eigenvalue weighted by atomic mass is 35.5. The first kappa shape index (κ1) is 18.7. The molecule has 1 unspecified atom stereocenters. The predicted octanol–water partition coefficient (Wildman–Crippen LogP) is 2.82. The Hall–Kier alpha value is -2.12. The Bertz CT molecular complexity index is 731. The molecule has 1 saturated heterocycles. The van der Waals surface area contributed by atoms with E-state index >= 15 is 0 Å². The molecule has 0 bridgehead atoms. The molecule has 1 aliphatic heterocycles. The van der Waals surface area contributed by atoms with Gasteiger partial charge >= 0.3 is 0 Å². The quantitative estimate of drug-likeness (QED) is 0.616. The molecule has 2 heterocycles. The van der Waals surface area contributed by atoms with Crippen molar-refractivity contribution in [2.24, 2.45) is 10.9 Å². The van der Waals surface area contributed by atoms with Gasteiger partial charge in [-0.3, -0.25) is 0 Å². The van der Waals surface area contributed by atoms with Crippen LogP contribution in [0.25, 0.3) is 11.4 Å². The maximum atomic E-state index is 5.91. The van der Waals surface area contributed by atoms with Gasteiger partial charge < -0.3 is 19.5 Å². The molecule has 0 aliphatic carbocycles. The van der Waals surface area contributed by atoms with Gasteiger partial charge in [0.15, 0.2) is 5.96 Å². The van der Waals surface area contributed by atoms with Gasteiger partial charge in [0.2, 0.25) is 11.7 Å². The second-order valence-electron chi connectivity index (χ2n) is 6.24. The largest absolute Gasteiger partial charge is 0.384 e. The minimum absolute atomic E-state index is 0.342. The van der Waals surface area contributed by atoms with Crippen molar-refractivity contribution in [3.8, 4) is 11.4 Å². The fraction of sp³-hybridized carbons (Fsp3) is 0.500. The molecule has 1 aromatic carbocycles. The van der Waals surface area contributed by atoms with Gasteiger partial charge in [0.05, 0.1) is 6.61 Å². The van der Waals surface area contributed by atoms with Crippen LogP contribution in [0.2, 0.25) is 5.02 Å². The second kappa shape index (κ2) is 9.00. The van der Waals surface area contributed by atoms with E-state index < -0.39 is 0 Å². The van der Waals surface area contributed by atoms with Crippen molar-refractivity contribution in [2.45, 2.75) is 19.9 Å². The number of halogens is 1. The van der Waals surface area contributed by atoms with Gasteiger partial charge in [-0.05, 0) is 37.6 Å². The molecule has 0 saturated carbocycles. The molecule has 1 N–H and O–H groups in total. The smallest absolute Gasteiger partial charge is 0.248 e. The number of hydrogen-bond acceptors (Lipinski definition) is 5. The Kier molecular flexibility index (Phi) is 6.46. The lowest BCUT2D eigenvalue weighted by Crippen LogP contribution is -2.40. The van der Waals surface area contributed by atoms with E-state index in [1.54, 1.807) is 19.2 Å². The molecule has 0 spiro atoms. The number of aliphatic imine (C=N–C) groups is 1. The average molecular weight is 378 g/mol. The molecular formula is C18H24ClN5O2. The maximum Gasteiger partial charge on any atom is 0.248 e. The first-order valence-electron chi connectivity index (χ1n) is 8.80. The van der Waals surface area contributed by atoms with Crippen molar-refractivity contribution in [3.05, 3.63) is 35.2 Å². The van der Waals surface area contributed by atoms with Gasteiger partial charge in [-0.1, -0.05) is 16.8 Å². The fourth-order valence-electron chi connectivity index (χ4n) is 3.00. The lowest BCUT2D eigenvalue weighted by Gasteiger charge is -2.21. The first-order chi connectivity index (χ1) is 12.7. The van der Waals surface area contributed by atoms with Crippen molar-refractivity contribution >= 4 is 17.6 Å². The highest BCUT2D eigenvalue weighted by Gasteiger charge is 2.24. The van der Waals surface area contributed by atoms with Crippen LogP contribution in [0.15, 0.2) is 33.8 Å². The predicted molar refractivity (Wildman–Crippen MR) is 101 cm³/mol. The molecule has 1 aliphatic rings. The molecule has 1 atom stereocenters. The highest BCUT2D eigenvalue weighted by molar-refractivity contribution is 6.30. The van der Waals surface area contributed by atoms with Crippen LogP contribution in [0.3, 0.4) is 0 Å². The summed E-state index contributed by atoms with van der Waals surface area (Å²) in [6.45, 7) is 5.91. The van der Waals surface area contributed by atoms with Crippen LogP contribution in [0, 0.1) is 5.92 Å². The minimum Gasteiger partial charge on any atom is -0.384 e. The lowest BCUT2D eigenvalue weighted by molar-refractivity contribution is 0.157. The lowest BCUT2D eigenvalue weighted by atomic mass is 10.1. The Morgan fingerprint density at radius 2 is 2.23 bits per heavy atom. The van der Waals surface area contributed by atoms with Crippen LogP contribution < -0.4 is 5.32 Å². The number of hydrogen-bond donors (Lipinski definition) is 1. The SMILES string of the molecule is CCNC(=NCc1nc(-c2ccc(Cl)cc2)no1)N1CCC(COC)C1. The third kappa shape index (κ3) is 4.74. The summed E-state index contributed by atoms with van der Waals surface area (Å²) in [6, 6.07) is 7.34. The molecule has 1 fully saturated rings. The number of guanidine groups is 1. The van der Waals surface area contributed by atoms with Crippen molar-refractivity contribution in [1.29, 1.82) is 0 Å². The van der Waals surface area contributed by atoms with E-state index in [2.05, 4.69) is 32.3 Å². The number of aromatic nitrogens is 2. The van der Waals surface area contributed by atoms with Crippen LogP contribution in [0.4, 0.5) is 0 Å². The second-order valence-corrected chi connectivity index (χ2v) is 6.68. The molecular weight excluding hydrogens is 354 g/mol. The van der Waals surface area contributed by atoms with Gasteiger partial charge in [-0.2, -0.15) is 4.98 Å². The summed E-state index contributed by atoms with van der Waals surface area (Å²) >= 11 is 5.91. The third-order valence-corrected chi connectivity index (χ3v) is 4.51. The van der Waals surface area contributed by atoms with Gasteiger partial charge in [0.1, 0.15) is 6.54 Å². The normalized spacial score (nSPS) is 17.7. The topological polar surface area (TPSA) is 75.8 Å². The molecule has 0 amide bonds. The first-order valence-corrected chi connectivity index (χ1v) is 9.18. The summed E-state index contributed by atoms with van der Waals surface area (Å²) in [6.07, 6.45) is 1.11. The molecule has 140 valence electrons. The highest BCUT2D eigenvalue weighted by Crippen LogP contribution is 2.19. The van der Waals surface area contributed by atoms with E-state index in [4.69, 9.17) is 20.9 Å². The van der Waals surface area contributed by atoms with E-state index in [0.29, 0.717) is 29.2 Å². The van der Waals surface area contributed by atoms with Crippen LogP contribution in [-0.2, 0) is 11.3 Å². The van der Waals surface area contributed by atoms with Gasteiger partial charge in [-0.25, -0.2) is 4.99 Å². The number of nitrogens with one attached hydrogen (secondary N) is 1. The average Bonchev–Trinajstić information content (AvgIpc) is 3.29. The fourth-order valence-corrected chi connectivity index (χ4v) is 3.13. The van der Waals surface area contributed by atoms with Crippen molar-refractivity contribution < 1.29 is 9.26 Å². The Balaban J connectivity index is 1.65. The van der Waals surface area contributed by atoms with E-state index in [1.165, 1.54) is 0 Å². The maximum absolute atomic E-state index is 5.91. The molecule has 7 nitrogen and oxygen atoms in total. The van der Waals surface area contributed by atoms with Gasteiger partial charge in [0, 0.05) is 43.2 Å². The summed E-state index contributed by atoms with van der Waals surface area (Å²) in [5.74, 6) is 2.44. The van der Waals surface area contributed by atoms with E-state index in [0.717, 1.165) is 44.2 Å².